The van der Waals surface area contributed by atoms with Crippen molar-refractivity contribution in [1.82, 2.24) is 15.1 Å². The van der Waals surface area contributed by atoms with Gasteiger partial charge >= 0.3 is 5.97 Å². The highest BCUT2D eigenvalue weighted by atomic mass is 16.4. The molecule has 5 nitrogen and oxygen atoms in total. The second-order valence-corrected chi connectivity index (χ2v) is 4.09. The van der Waals surface area contributed by atoms with Gasteiger partial charge in [-0.2, -0.15) is 5.10 Å². The van der Waals surface area contributed by atoms with Crippen molar-refractivity contribution in [1.29, 1.82) is 0 Å². The third-order valence-electron chi connectivity index (χ3n) is 2.77. The number of carbonyl (C=O) groups is 1. The summed E-state index contributed by atoms with van der Waals surface area (Å²) in [6.07, 6.45) is 2.70. The third-order valence-corrected chi connectivity index (χ3v) is 2.77. The second kappa shape index (κ2) is 5.65. The van der Waals surface area contributed by atoms with Crippen molar-refractivity contribution in [3.05, 3.63) is 17.5 Å². The SMILES string of the molecule is Cc1c(CNC(C)CCC(=O)O)cnn1C. The van der Waals surface area contributed by atoms with Crippen LogP contribution in [0.1, 0.15) is 31.0 Å². The molecular weight excluding hydrogens is 206 g/mol. The predicted octanol–water partition coefficient (Wildman–Crippen LogP) is 1.07. The van der Waals surface area contributed by atoms with Gasteiger partial charge in [-0.1, -0.05) is 0 Å². The lowest BCUT2D eigenvalue weighted by molar-refractivity contribution is -0.137. The van der Waals surface area contributed by atoms with Crippen molar-refractivity contribution >= 4 is 5.97 Å². The van der Waals surface area contributed by atoms with E-state index in [2.05, 4.69) is 10.4 Å². The Balaban J connectivity index is 2.34. The highest BCUT2D eigenvalue weighted by Gasteiger charge is 2.07. The van der Waals surface area contributed by atoms with Crippen LogP contribution in [0, 0.1) is 6.92 Å². The molecule has 1 atom stereocenters. The molecule has 0 radical (unpaired) electrons. The molecule has 16 heavy (non-hydrogen) atoms. The van der Waals surface area contributed by atoms with E-state index < -0.39 is 5.97 Å². The molecule has 0 aromatic carbocycles. The smallest absolute Gasteiger partial charge is 0.303 e. The summed E-state index contributed by atoms with van der Waals surface area (Å²) in [5.74, 6) is -0.744. The van der Waals surface area contributed by atoms with Crippen molar-refractivity contribution in [3.63, 3.8) is 0 Å². The van der Waals surface area contributed by atoms with Crippen molar-refractivity contribution in [2.24, 2.45) is 7.05 Å². The van der Waals surface area contributed by atoms with Gasteiger partial charge in [0.15, 0.2) is 0 Å². The van der Waals surface area contributed by atoms with Gasteiger partial charge < -0.3 is 10.4 Å². The Morgan fingerprint density at radius 3 is 2.88 bits per heavy atom. The first-order valence-electron chi connectivity index (χ1n) is 5.43. The van der Waals surface area contributed by atoms with Gasteiger partial charge in [0, 0.05) is 37.3 Å². The number of carboxylic acids is 1. The molecule has 0 fully saturated rings. The molecule has 0 saturated carbocycles. The summed E-state index contributed by atoms with van der Waals surface area (Å²) in [5.41, 5.74) is 2.29. The Kier molecular flexibility index (Phi) is 4.49. The second-order valence-electron chi connectivity index (χ2n) is 4.09. The minimum absolute atomic E-state index is 0.204. The molecule has 1 aromatic heterocycles. The summed E-state index contributed by atoms with van der Waals surface area (Å²) in [6.45, 7) is 4.75. The van der Waals surface area contributed by atoms with Gasteiger partial charge in [0.05, 0.1) is 6.20 Å². The van der Waals surface area contributed by atoms with Crippen LogP contribution >= 0.6 is 0 Å². The minimum Gasteiger partial charge on any atom is -0.481 e. The molecular formula is C11H19N3O2. The van der Waals surface area contributed by atoms with Gasteiger partial charge in [0.25, 0.3) is 0 Å². The quantitative estimate of drug-likeness (QED) is 0.760. The summed E-state index contributed by atoms with van der Waals surface area (Å²) in [5, 5.41) is 16.0. The zero-order chi connectivity index (χ0) is 12.1. The summed E-state index contributed by atoms with van der Waals surface area (Å²) >= 11 is 0. The number of nitrogens with one attached hydrogen (secondary N) is 1. The fourth-order valence-electron chi connectivity index (χ4n) is 1.44. The lowest BCUT2D eigenvalue weighted by Gasteiger charge is -2.12. The van der Waals surface area contributed by atoms with Gasteiger partial charge in [0.2, 0.25) is 0 Å². The average molecular weight is 225 g/mol. The number of aliphatic carboxylic acids is 1. The lowest BCUT2D eigenvalue weighted by Crippen LogP contribution is -2.26. The van der Waals surface area contributed by atoms with E-state index in [1.165, 1.54) is 0 Å². The topological polar surface area (TPSA) is 67.2 Å². The Morgan fingerprint density at radius 2 is 2.38 bits per heavy atom. The molecule has 1 unspecified atom stereocenters. The van der Waals surface area contributed by atoms with Crippen LogP contribution in [0.15, 0.2) is 6.20 Å². The van der Waals surface area contributed by atoms with Crippen LogP contribution in [0.5, 0.6) is 0 Å². The highest BCUT2D eigenvalue weighted by molar-refractivity contribution is 5.66. The summed E-state index contributed by atoms with van der Waals surface area (Å²) < 4.78 is 1.83. The maximum absolute atomic E-state index is 10.4. The molecule has 0 saturated heterocycles. The number of rotatable bonds is 6. The van der Waals surface area contributed by atoms with Gasteiger partial charge in [-0.15, -0.1) is 0 Å². The molecule has 0 bridgehead atoms. The third kappa shape index (κ3) is 3.66. The first kappa shape index (κ1) is 12.7. The summed E-state index contributed by atoms with van der Waals surface area (Å²) in [6, 6.07) is 0.204. The van der Waals surface area contributed by atoms with Crippen LogP contribution in [-0.2, 0) is 18.4 Å². The number of hydrogen-bond acceptors (Lipinski definition) is 3. The van der Waals surface area contributed by atoms with Crippen molar-refractivity contribution in [2.75, 3.05) is 0 Å². The Bertz CT molecular complexity index is 360. The van der Waals surface area contributed by atoms with Gasteiger partial charge in [0.1, 0.15) is 0 Å². The van der Waals surface area contributed by atoms with Gasteiger partial charge in [-0.05, 0) is 20.3 Å². The normalized spacial score (nSPS) is 12.7. The van der Waals surface area contributed by atoms with Crippen LogP contribution in [0.3, 0.4) is 0 Å². The number of aromatic nitrogens is 2. The van der Waals surface area contributed by atoms with Crippen LogP contribution in [0.4, 0.5) is 0 Å². The fraction of sp³-hybridized carbons (Fsp3) is 0.636. The number of nitrogens with zero attached hydrogens (tertiary/aromatic N) is 2. The molecule has 0 aliphatic heterocycles. The zero-order valence-corrected chi connectivity index (χ0v) is 10.0. The van der Waals surface area contributed by atoms with E-state index in [1.807, 2.05) is 31.8 Å². The highest BCUT2D eigenvalue weighted by Crippen LogP contribution is 2.06. The van der Waals surface area contributed by atoms with Crippen LogP contribution in [-0.4, -0.2) is 26.9 Å². The maximum atomic E-state index is 10.4. The lowest BCUT2D eigenvalue weighted by atomic mass is 10.1. The van der Waals surface area contributed by atoms with Crippen molar-refractivity contribution in [3.8, 4) is 0 Å². The molecule has 1 aromatic rings. The van der Waals surface area contributed by atoms with E-state index in [1.54, 1.807) is 0 Å². The maximum Gasteiger partial charge on any atom is 0.303 e. The van der Waals surface area contributed by atoms with E-state index in [9.17, 15) is 4.79 Å². The molecule has 2 N–H and O–H groups in total. The number of hydrogen-bond donors (Lipinski definition) is 2. The molecule has 0 aliphatic rings. The largest absolute Gasteiger partial charge is 0.481 e. The molecule has 0 aliphatic carbocycles. The number of carboxylic acid groups (broad SMARTS) is 1. The molecule has 90 valence electrons. The Morgan fingerprint density at radius 1 is 1.69 bits per heavy atom. The predicted molar refractivity (Wildman–Crippen MR) is 61.1 cm³/mol. The first-order chi connectivity index (χ1) is 7.50. The number of aryl methyl sites for hydroxylation is 1. The van der Waals surface area contributed by atoms with Crippen LogP contribution < -0.4 is 5.32 Å². The first-order valence-corrected chi connectivity index (χ1v) is 5.43. The zero-order valence-electron chi connectivity index (χ0n) is 10.0. The molecule has 1 heterocycles. The Labute approximate surface area is 95.5 Å². The van der Waals surface area contributed by atoms with Crippen molar-refractivity contribution < 1.29 is 9.90 Å². The van der Waals surface area contributed by atoms with Gasteiger partial charge in [-0.25, -0.2) is 0 Å². The van der Waals surface area contributed by atoms with Gasteiger partial charge in [-0.3, -0.25) is 9.48 Å². The summed E-state index contributed by atoms with van der Waals surface area (Å²) in [7, 11) is 1.91. The molecule has 5 heteroatoms. The molecule has 0 amide bonds. The monoisotopic (exact) mass is 225 g/mol. The van der Waals surface area contributed by atoms with E-state index in [0.717, 1.165) is 17.8 Å². The standard InChI is InChI=1S/C11H19N3O2/c1-8(4-5-11(15)16)12-6-10-7-13-14(3)9(10)2/h7-8,12H,4-6H2,1-3H3,(H,15,16). The Hall–Kier alpha value is -1.36. The molecule has 1 rings (SSSR count). The van der Waals surface area contributed by atoms with Crippen LogP contribution in [0.2, 0.25) is 0 Å². The molecule has 0 spiro atoms. The fourth-order valence-corrected chi connectivity index (χ4v) is 1.44. The van der Waals surface area contributed by atoms with E-state index in [0.29, 0.717) is 6.42 Å². The van der Waals surface area contributed by atoms with E-state index >= 15 is 0 Å². The van der Waals surface area contributed by atoms with Crippen LogP contribution in [0.25, 0.3) is 0 Å². The minimum atomic E-state index is -0.744. The van der Waals surface area contributed by atoms with Crippen molar-refractivity contribution in [2.45, 2.75) is 39.3 Å². The summed E-state index contributed by atoms with van der Waals surface area (Å²) in [4.78, 5) is 10.4. The van der Waals surface area contributed by atoms with E-state index in [-0.39, 0.29) is 12.5 Å². The van der Waals surface area contributed by atoms with E-state index in [4.69, 9.17) is 5.11 Å². The average Bonchev–Trinajstić information content (AvgIpc) is 2.54.